The number of aryl methyl sites for hydroxylation is 2. The molecule has 3 aromatic rings. The zero-order valence-electron chi connectivity index (χ0n) is 16.5. The Labute approximate surface area is 168 Å². The maximum Gasteiger partial charge on any atom is 0.434 e. The fourth-order valence-electron chi connectivity index (χ4n) is 3.22. The summed E-state index contributed by atoms with van der Waals surface area (Å²) < 4.78 is 48.1. The van der Waals surface area contributed by atoms with E-state index in [1.165, 1.54) is 18.2 Å². The van der Waals surface area contributed by atoms with E-state index in [2.05, 4.69) is 14.9 Å². The Morgan fingerprint density at radius 1 is 1.10 bits per heavy atom. The van der Waals surface area contributed by atoms with Crippen molar-refractivity contribution >= 4 is 10.0 Å². The summed E-state index contributed by atoms with van der Waals surface area (Å²) in [4.78, 5) is 11.5. The van der Waals surface area contributed by atoms with Gasteiger partial charge in [-0.25, -0.2) is 22.7 Å². The second-order valence-corrected chi connectivity index (χ2v) is 8.77. The highest BCUT2D eigenvalue weighted by molar-refractivity contribution is 7.89. The summed E-state index contributed by atoms with van der Waals surface area (Å²) in [6.45, 7) is 7.10. The van der Waals surface area contributed by atoms with Crippen molar-refractivity contribution in [2.45, 2.75) is 44.6 Å². The number of aromatic nitrogens is 2. The third-order valence-corrected chi connectivity index (χ3v) is 6.48. The molecule has 0 fully saturated rings. The number of benzene rings is 2. The minimum Gasteiger partial charge on any atom is -0.391 e. The van der Waals surface area contributed by atoms with E-state index >= 15 is 0 Å². The van der Waals surface area contributed by atoms with Gasteiger partial charge in [-0.15, -0.1) is 5.10 Å². The summed E-state index contributed by atoms with van der Waals surface area (Å²) >= 11 is 0. The molecule has 2 N–H and O–H groups in total. The Hall–Kier alpha value is -2.78. The fraction of sp³-hybridized carbons (Fsp3) is 0.300. The van der Waals surface area contributed by atoms with E-state index in [0.717, 1.165) is 11.1 Å². The van der Waals surface area contributed by atoms with Gasteiger partial charge in [-0.2, -0.15) is 4.72 Å². The van der Waals surface area contributed by atoms with E-state index in [4.69, 9.17) is 4.42 Å². The summed E-state index contributed by atoms with van der Waals surface area (Å²) in [5.41, 5.74) is 2.78. The zero-order chi connectivity index (χ0) is 21.3. The van der Waals surface area contributed by atoms with Crippen molar-refractivity contribution in [3.05, 3.63) is 80.9 Å². The van der Waals surface area contributed by atoms with Crippen LogP contribution >= 0.6 is 0 Å². The van der Waals surface area contributed by atoms with E-state index < -0.39 is 33.6 Å². The molecule has 0 saturated heterocycles. The molecule has 0 bridgehead atoms. The monoisotopic (exact) mass is 419 g/mol. The molecular formula is C20H22FN3O4S. The number of aromatic amines is 1. The molecule has 9 heteroatoms. The fourth-order valence-corrected chi connectivity index (χ4v) is 4.49. The normalized spacial score (nSPS) is 14.0. The number of hydrogen-bond donors (Lipinski definition) is 2. The van der Waals surface area contributed by atoms with Gasteiger partial charge in [0.1, 0.15) is 11.9 Å². The predicted molar refractivity (Wildman–Crippen MR) is 106 cm³/mol. The molecule has 29 heavy (non-hydrogen) atoms. The molecule has 7 nitrogen and oxygen atoms in total. The van der Waals surface area contributed by atoms with Crippen molar-refractivity contribution in [3.8, 4) is 0 Å². The molecule has 2 atom stereocenters. The highest BCUT2D eigenvalue weighted by Gasteiger charge is 2.33. The first-order valence-corrected chi connectivity index (χ1v) is 10.5. The number of sulfonamides is 1. The van der Waals surface area contributed by atoms with Gasteiger partial charge in [0.25, 0.3) is 0 Å². The SMILES string of the molecule is Cc1ccc(S(=O)(=O)N[C@H](c2n[nH]c(=O)o2)[C@H](C)c2c(F)ccc(C)c2C)cc1. The Bertz CT molecular complexity index is 1180. The van der Waals surface area contributed by atoms with E-state index in [1.54, 1.807) is 32.0 Å². The van der Waals surface area contributed by atoms with Crippen LogP contribution in [-0.4, -0.2) is 18.6 Å². The van der Waals surface area contributed by atoms with Crippen LogP contribution in [0.1, 0.15) is 47.0 Å². The summed E-state index contributed by atoms with van der Waals surface area (Å²) in [7, 11) is -3.99. The highest BCUT2D eigenvalue weighted by Crippen LogP contribution is 2.35. The van der Waals surface area contributed by atoms with Crippen LogP contribution in [0, 0.1) is 26.6 Å². The van der Waals surface area contributed by atoms with Gasteiger partial charge in [-0.1, -0.05) is 30.7 Å². The van der Waals surface area contributed by atoms with Crippen LogP contribution in [0.5, 0.6) is 0 Å². The van der Waals surface area contributed by atoms with Gasteiger partial charge in [-0.05, 0) is 55.7 Å². The average Bonchev–Trinajstić information content (AvgIpc) is 3.09. The average molecular weight is 419 g/mol. The predicted octanol–water partition coefficient (Wildman–Crippen LogP) is 3.25. The van der Waals surface area contributed by atoms with E-state index in [-0.39, 0.29) is 10.8 Å². The maximum atomic E-state index is 14.7. The lowest BCUT2D eigenvalue weighted by Crippen LogP contribution is -2.33. The van der Waals surface area contributed by atoms with E-state index in [1.807, 2.05) is 13.8 Å². The molecule has 0 amide bonds. The van der Waals surface area contributed by atoms with Crippen molar-refractivity contribution in [1.82, 2.24) is 14.9 Å². The van der Waals surface area contributed by atoms with Gasteiger partial charge in [0.15, 0.2) is 0 Å². The first-order chi connectivity index (χ1) is 13.6. The molecule has 0 spiro atoms. The first kappa shape index (κ1) is 20.9. The second kappa shape index (κ2) is 7.92. The molecule has 154 valence electrons. The standard InChI is InChI=1S/C20H22FN3O4S/c1-11-5-8-15(9-6-11)29(26,27)24-18(19-22-23-20(25)28-19)14(4)17-13(3)12(2)7-10-16(17)21/h5-10,14,18,24H,1-4H3,(H,23,25)/t14-,18+/m1/s1. The van der Waals surface area contributed by atoms with Crippen LogP contribution in [0.2, 0.25) is 0 Å². The van der Waals surface area contributed by atoms with Crippen molar-refractivity contribution in [2.24, 2.45) is 0 Å². The molecule has 2 aromatic carbocycles. The van der Waals surface area contributed by atoms with Gasteiger partial charge < -0.3 is 4.42 Å². The number of H-pyrrole nitrogens is 1. The largest absolute Gasteiger partial charge is 0.434 e. The molecule has 0 aliphatic rings. The number of nitrogens with zero attached hydrogens (tertiary/aromatic N) is 1. The lowest BCUT2D eigenvalue weighted by Gasteiger charge is -2.25. The number of hydrogen-bond acceptors (Lipinski definition) is 5. The van der Waals surface area contributed by atoms with Gasteiger partial charge in [-0.3, -0.25) is 0 Å². The molecule has 0 aliphatic carbocycles. The molecular weight excluding hydrogens is 397 g/mol. The third-order valence-electron chi connectivity index (χ3n) is 5.02. The van der Waals surface area contributed by atoms with Gasteiger partial charge >= 0.3 is 5.76 Å². The minimum absolute atomic E-state index is 0.0413. The molecule has 3 rings (SSSR count). The number of rotatable bonds is 6. The minimum atomic E-state index is -3.99. The summed E-state index contributed by atoms with van der Waals surface area (Å²) in [6, 6.07) is 8.17. The number of nitrogens with one attached hydrogen (secondary N) is 2. The topological polar surface area (TPSA) is 105 Å². The molecule has 0 unspecified atom stereocenters. The van der Waals surface area contributed by atoms with E-state index in [0.29, 0.717) is 11.1 Å². The molecule has 0 aliphatic heterocycles. The second-order valence-electron chi connectivity index (χ2n) is 7.06. The Morgan fingerprint density at radius 2 is 1.76 bits per heavy atom. The highest BCUT2D eigenvalue weighted by atomic mass is 32.2. The maximum absolute atomic E-state index is 14.7. The summed E-state index contributed by atoms with van der Waals surface area (Å²) in [5, 5.41) is 5.91. The van der Waals surface area contributed by atoms with Crippen molar-refractivity contribution in [2.75, 3.05) is 0 Å². The summed E-state index contributed by atoms with van der Waals surface area (Å²) in [5.74, 6) is -2.17. The van der Waals surface area contributed by atoms with E-state index in [9.17, 15) is 17.6 Å². The van der Waals surface area contributed by atoms with Crippen LogP contribution < -0.4 is 10.5 Å². The number of halogens is 1. The van der Waals surface area contributed by atoms with Crippen molar-refractivity contribution in [3.63, 3.8) is 0 Å². The van der Waals surface area contributed by atoms with Crippen molar-refractivity contribution < 1.29 is 17.2 Å². The van der Waals surface area contributed by atoms with Crippen molar-refractivity contribution in [1.29, 1.82) is 0 Å². The van der Waals surface area contributed by atoms with Crippen LogP contribution in [0.4, 0.5) is 4.39 Å². The Morgan fingerprint density at radius 3 is 2.34 bits per heavy atom. The molecule has 0 radical (unpaired) electrons. The third kappa shape index (κ3) is 4.30. The Kier molecular flexibility index (Phi) is 5.72. The lowest BCUT2D eigenvalue weighted by molar-refractivity contribution is 0.377. The first-order valence-electron chi connectivity index (χ1n) is 9.00. The molecule has 1 heterocycles. The smallest absolute Gasteiger partial charge is 0.391 e. The van der Waals surface area contributed by atoms with Crippen LogP contribution in [-0.2, 0) is 10.0 Å². The quantitative estimate of drug-likeness (QED) is 0.638. The van der Waals surface area contributed by atoms with Gasteiger partial charge in [0.2, 0.25) is 15.9 Å². The van der Waals surface area contributed by atoms with Gasteiger partial charge in [0, 0.05) is 5.92 Å². The molecule has 0 saturated carbocycles. The molecule has 1 aromatic heterocycles. The zero-order valence-corrected chi connectivity index (χ0v) is 17.3. The van der Waals surface area contributed by atoms with Crippen LogP contribution in [0.3, 0.4) is 0 Å². The summed E-state index contributed by atoms with van der Waals surface area (Å²) in [6.07, 6.45) is 0. The van der Waals surface area contributed by atoms with Crippen LogP contribution in [0.15, 0.2) is 50.5 Å². The lowest BCUT2D eigenvalue weighted by atomic mass is 9.88. The van der Waals surface area contributed by atoms with Crippen LogP contribution in [0.25, 0.3) is 0 Å². The van der Waals surface area contributed by atoms with Gasteiger partial charge in [0.05, 0.1) is 4.90 Å². The Balaban J connectivity index is 2.08.